The minimum Gasteiger partial charge on any atom is -0.352 e. The SMILES string of the molecule is CC(C)N1CCN(C)CC1c1nnc2ccc(C(=O)NCC3CC3)cn12. The first-order valence-corrected chi connectivity index (χ1v) is 9.60. The molecule has 0 spiro atoms. The van der Waals surface area contributed by atoms with Gasteiger partial charge in [0.1, 0.15) is 0 Å². The molecule has 4 rings (SSSR count). The van der Waals surface area contributed by atoms with E-state index in [1.54, 1.807) is 0 Å². The number of rotatable bonds is 5. The van der Waals surface area contributed by atoms with Crippen molar-refractivity contribution in [1.29, 1.82) is 0 Å². The van der Waals surface area contributed by atoms with Gasteiger partial charge >= 0.3 is 0 Å². The van der Waals surface area contributed by atoms with Gasteiger partial charge in [-0.1, -0.05) is 0 Å². The smallest absolute Gasteiger partial charge is 0.252 e. The topological polar surface area (TPSA) is 65.8 Å². The maximum absolute atomic E-state index is 12.5. The molecule has 0 bridgehead atoms. The number of hydrogen-bond acceptors (Lipinski definition) is 5. The van der Waals surface area contributed by atoms with Crippen molar-refractivity contribution in [3.63, 3.8) is 0 Å². The number of aromatic nitrogens is 3. The van der Waals surface area contributed by atoms with E-state index in [0.29, 0.717) is 17.5 Å². The Kier molecular flexibility index (Phi) is 4.67. The van der Waals surface area contributed by atoms with E-state index >= 15 is 0 Å². The number of piperazine rings is 1. The molecule has 1 aliphatic heterocycles. The van der Waals surface area contributed by atoms with Crippen LogP contribution >= 0.6 is 0 Å². The summed E-state index contributed by atoms with van der Waals surface area (Å²) < 4.78 is 1.99. The molecule has 3 heterocycles. The van der Waals surface area contributed by atoms with Crippen LogP contribution in [0, 0.1) is 5.92 Å². The highest BCUT2D eigenvalue weighted by Crippen LogP contribution is 2.28. The van der Waals surface area contributed by atoms with Gasteiger partial charge in [-0.3, -0.25) is 14.1 Å². The molecular formula is C19H28N6O. The molecule has 2 aliphatic rings. The second kappa shape index (κ2) is 6.96. The fourth-order valence-corrected chi connectivity index (χ4v) is 3.71. The number of fused-ring (bicyclic) bond motifs is 1. The van der Waals surface area contributed by atoms with Crippen molar-refractivity contribution in [2.45, 2.75) is 38.8 Å². The largest absolute Gasteiger partial charge is 0.352 e. The van der Waals surface area contributed by atoms with E-state index in [2.05, 4.69) is 46.2 Å². The average Bonchev–Trinajstić information content (AvgIpc) is 3.36. The van der Waals surface area contributed by atoms with E-state index in [-0.39, 0.29) is 11.9 Å². The van der Waals surface area contributed by atoms with Gasteiger partial charge in [0.15, 0.2) is 11.5 Å². The van der Waals surface area contributed by atoms with Gasteiger partial charge < -0.3 is 10.2 Å². The van der Waals surface area contributed by atoms with Crippen LogP contribution in [0.3, 0.4) is 0 Å². The molecule has 1 unspecified atom stereocenters. The molecule has 1 saturated carbocycles. The Balaban J connectivity index is 1.63. The first-order chi connectivity index (χ1) is 12.5. The zero-order chi connectivity index (χ0) is 18.3. The maximum Gasteiger partial charge on any atom is 0.252 e. The van der Waals surface area contributed by atoms with Crippen molar-refractivity contribution in [3.8, 4) is 0 Å². The van der Waals surface area contributed by atoms with Crippen LogP contribution in [-0.2, 0) is 0 Å². The number of carbonyl (C=O) groups is 1. The molecule has 1 amide bonds. The predicted octanol–water partition coefficient (Wildman–Crippen LogP) is 1.57. The summed E-state index contributed by atoms with van der Waals surface area (Å²) in [5.41, 5.74) is 1.45. The number of likely N-dealkylation sites (N-methyl/N-ethyl adjacent to an activating group) is 1. The molecule has 1 atom stereocenters. The molecule has 2 fully saturated rings. The van der Waals surface area contributed by atoms with Crippen molar-refractivity contribution >= 4 is 11.6 Å². The van der Waals surface area contributed by atoms with Crippen molar-refractivity contribution < 1.29 is 4.79 Å². The van der Waals surface area contributed by atoms with Crippen LogP contribution in [0.15, 0.2) is 18.3 Å². The van der Waals surface area contributed by atoms with Crippen LogP contribution in [0.5, 0.6) is 0 Å². The van der Waals surface area contributed by atoms with E-state index < -0.39 is 0 Å². The molecule has 2 aromatic rings. The molecule has 2 aromatic heterocycles. The Morgan fingerprint density at radius 2 is 2.08 bits per heavy atom. The summed E-state index contributed by atoms with van der Waals surface area (Å²) in [5.74, 6) is 1.57. The Labute approximate surface area is 154 Å². The summed E-state index contributed by atoms with van der Waals surface area (Å²) in [6, 6.07) is 4.33. The van der Waals surface area contributed by atoms with Gasteiger partial charge in [0.25, 0.3) is 5.91 Å². The van der Waals surface area contributed by atoms with Gasteiger partial charge in [-0.2, -0.15) is 0 Å². The first-order valence-electron chi connectivity index (χ1n) is 9.60. The van der Waals surface area contributed by atoms with Crippen molar-refractivity contribution in [2.75, 3.05) is 33.2 Å². The highest BCUT2D eigenvalue weighted by atomic mass is 16.1. The van der Waals surface area contributed by atoms with Crippen molar-refractivity contribution in [1.82, 2.24) is 29.7 Å². The molecule has 26 heavy (non-hydrogen) atoms. The number of pyridine rings is 1. The third-order valence-electron chi connectivity index (χ3n) is 5.53. The minimum atomic E-state index is -0.0140. The molecular weight excluding hydrogens is 328 g/mol. The van der Waals surface area contributed by atoms with E-state index in [0.717, 1.165) is 37.7 Å². The van der Waals surface area contributed by atoms with Gasteiger partial charge in [0.2, 0.25) is 0 Å². The molecule has 7 heteroatoms. The van der Waals surface area contributed by atoms with Crippen LogP contribution in [0.1, 0.15) is 48.9 Å². The second-order valence-corrected chi connectivity index (χ2v) is 7.97. The molecule has 1 N–H and O–H groups in total. The molecule has 7 nitrogen and oxygen atoms in total. The Morgan fingerprint density at radius 1 is 1.27 bits per heavy atom. The van der Waals surface area contributed by atoms with E-state index in [9.17, 15) is 4.79 Å². The van der Waals surface area contributed by atoms with Crippen LogP contribution in [0.4, 0.5) is 0 Å². The number of hydrogen-bond donors (Lipinski definition) is 1. The van der Waals surface area contributed by atoms with Crippen molar-refractivity contribution in [3.05, 3.63) is 29.7 Å². The van der Waals surface area contributed by atoms with Gasteiger partial charge in [-0.25, -0.2) is 0 Å². The van der Waals surface area contributed by atoms with E-state index in [1.165, 1.54) is 12.8 Å². The van der Waals surface area contributed by atoms with Crippen LogP contribution in [0.2, 0.25) is 0 Å². The van der Waals surface area contributed by atoms with E-state index in [4.69, 9.17) is 0 Å². The summed E-state index contributed by atoms with van der Waals surface area (Å²) in [6.07, 6.45) is 4.35. The standard InChI is InChI=1S/C19H28N6O/c1-13(2)24-9-8-23(3)12-16(24)18-22-21-17-7-6-15(11-25(17)18)19(26)20-10-14-4-5-14/h6-7,11,13-14,16H,4-5,8-10,12H2,1-3H3,(H,20,26). The summed E-state index contributed by atoms with van der Waals surface area (Å²) in [7, 11) is 2.14. The molecule has 0 aromatic carbocycles. The van der Waals surface area contributed by atoms with Crippen LogP contribution in [0.25, 0.3) is 5.65 Å². The summed E-state index contributed by atoms with van der Waals surface area (Å²) in [4.78, 5) is 17.3. The number of carbonyl (C=O) groups excluding carboxylic acids is 1. The minimum absolute atomic E-state index is 0.0140. The Bertz CT molecular complexity index is 796. The summed E-state index contributed by atoms with van der Waals surface area (Å²) in [5, 5.41) is 11.9. The first kappa shape index (κ1) is 17.4. The third-order valence-corrected chi connectivity index (χ3v) is 5.53. The lowest BCUT2D eigenvalue weighted by Crippen LogP contribution is -2.50. The molecule has 1 saturated heterocycles. The van der Waals surface area contributed by atoms with Crippen LogP contribution in [-0.4, -0.2) is 69.6 Å². The van der Waals surface area contributed by atoms with E-state index in [1.807, 2.05) is 22.7 Å². The lowest BCUT2D eigenvalue weighted by molar-refractivity contribution is 0.0586. The van der Waals surface area contributed by atoms with Gasteiger partial charge in [-0.15, -0.1) is 10.2 Å². The number of nitrogens with zero attached hydrogens (tertiary/aromatic N) is 5. The molecule has 140 valence electrons. The monoisotopic (exact) mass is 356 g/mol. The number of nitrogens with one attached hydrogen (secondary N) is 1. The predicted molar refractivity (Wildman–Crippen MR) is 100 cm³/mol. The highest BCUT2D eigenvalue weighted by Gasteiger charge is 2.32. The highest BCUT2D eigenvalue weighted by molar-refractivity contribution is 5.94. The summed E-state index contributed by atoms with van der Waals surface area (Å²) >= 11 is 0. The maximum atomic E-state index is 12.5. The lowest BCUT2D eigenvalue weighted by Gasteiger charge is -2.41. The number of amides is 1. The van der Waals surface area contributed by atoms with Gasteiger partial charge in [-0.05, 0) is 51.8 Å². The Morgan fingerprint density at radius 3 is 2.81 bits per heavy atom. The van der Waals surface area contributed by atoms with Crippen LogP contribution < -0.4 is 5.32 Å². The average molecular weight is 356 g/mol. The zero-order valence-electron chi connectivity index (χ0n) is 15.9. The second-order valence-electron chi connectivity index (χ2n) is 7.97. The zero-order valence-corrected chi connectivity index (χ0v) is 15.9. The normalized spacial score (nSPS) is 22.2. The van der Waals surface area contributed by atoms with Gasteiger partial charge in [0.05, 0.1) is 11.6 Å². The molecule has 0 radical (unpaired) electrons. The third kappa shape index (κ3) is 3.46. The fraction of sp³-hybridized carbons (Fsp3) is 0.632. The quantitative estimate of drug-likeness (QED) is 0.881. The lowest BCUT2D eigenvalue weighted by atomic mass is 10.1. The Hall–Kier alpha value is -1.99. The fourth-order valence-electron chi connectivity index (χ4n) is 3.71. The van der Waals surface area contributed by atoms with Gasteiger partial charge in [0, 0.05) is 38.4 Å². The summed E-state index contributed by atoms with van der Waals surface area (Å²) in [6.45, 7) is 8.20. The molecule has 1 aliphatic carbocycles. The van der Waals surface area contributed by atoms with Crippen molar-refractivity contribution in [2.24, 2.45) is 5.92 Å².